The van der Waals surface area contributed by atoms with E-state index in [9.17, 15) is 4.79 Å². The number of nitrogen functional groups attached to an aromatic ring is 1. The average Bonchev–Trinajstić information content (AvgIpc) is 2.32. The first kappa shape index (κ1) is 13.6. The van der Waals surface area contributed by atoms with Crippen LogP contribution in [-0.2, 0) is 0 Å². The highest BCUT2D eigenvalue weighted by molar-refractivity contribution is 5.99. The van der Waals surface area contributed by atoms with Crippen molar-refractivity contribution < 1.29 is 4.79 Å². The molecular formula is C14H22N2O. The zero-order valence-electron chi connectivity index (χ0n) is 11.2. The van der Waals surface area contributed by atoms with Crippen LogP contribution in [0.1, 0.15) is 43.1 Å². The Morgan fingerprint density at radius 2 is 2.06 bits per heavy atom. The number of carbonyl (C=O) groups excluding carboxylic acids is 1. The van der Waals surface area contributed by atoms with Crippen LogP contribution in [0.15, 0.2) is 18.2 Å². The van der Waals surface area contributed by atoms with Crippen LogP contribution < -0.4 is 5.73 Å². The quantitative estimate of drug-likeness (QED) is 0.814. The van der Waals surface area contributed by atoms with E-state index in [0.29, 0.717) is 17.8 Å². The van der Waals surface area contributed by atoms with Crippen molar-refractivity contribution >= 4 is 11.6 Å². The lowest BCUT2D eigenvalue weighted by Crippen LogP contribution is -2.38. The molecule has 0 aromatic heterocycles. The first-order valence-electron chi connectivity index (χ1n) is 6.18. The average molecular weight is 234 g/mol. The van der Waals surface area contributed by atoms with Gasteiger partial charge in [-0.1, -0.05) is 18.6 Å². The number of carbonyl (C=O) groups is 1. The van der Waals surface area contributed by atoms with Crippen LogP contribution in [-0.4, -0.2) is 23.4 Å². The molecule has 17 heavy (non-hydrogen) atoms. The van der Waals surface area contributed by atoms with Crippen molar-refractivity contribution in [3.63, 3.8) is 0 Å². The molecule has 1 atom stereocenters. The van der Waals surface area contributed by atoms with Gasteiger partial charge < -0.3 is 10.6 Å². The molecule has 1 amide bonds. The first-order chi connectivity index (χ1) is 8.01. The smallest absolute Gasteiger partial charge is 0.256 e. The monoisotopic (exact) mass is 234 g/mol. The second-order valence-corrected chi connectivity index (χ2v) is 4.44. The number of hydrogen-bond acceptors (Lipinski definition) is 2. The third-order valence-corrected chi connectivity index (χ3v) is 3.16. The lowest BCUT2D eigenvalue weighted by Gasteiger charge is -2.27. The number of nitrogens with two attached hydrogens (primary N) is 1. The van der Waals surface area contributed by atoms with Crippen LogP contribution in [0, 0.1) is 6.92 Å². The zero-order valence-corrected chi connectivity index (χ0v) is 11.2. The molecule has 0 bridgehead atoms. The summed E-state index contributed by atoms with van der Waals surface area (Å²) in [4.78, 5) is 14.3. The van der Waals surface area contributed by atoms with E-state index in [-0.39, 0.29) is 11.9 Å². The van der Waals surface area contributed by atoms with E-state index in [1.807, 2.05) is 30.9 Å². The van der Waals surface area contributed by atoms with E-state index >= 15 is 0 Å². The fraction of sp³-hybridized carbons (Fsp3) is 0.500. The Balaban J connectivity index is 3.05. The first-order valence-corrected chi connectivity index (χ1v) is 6.18. The highest BCUT2D eigenvalue weighted by Gasteiger charge is 2.20. The number of hydrogen-bond donors (Lipinski definition) is 1. The molecule has 0 aliphatic heterocycles. The minimum Gasteiger partial charge on any atom is -0.398 e. The van der Waals surface area contributed by atoms with Crippen molar-refractivity contribution in [2.45, 2.75) is 40.2 Å². The fourth-order valence-electron chi connectivity index (χ4n) is 1.89. The van der Waals surface area contributed by atoms with Gasteiger partial charge in [-0.15, -0.1) is 0 Å². The molecule has 1 unspecified atom stereocenters. The van der Waals surface area contributed by atoms with Gasteiger partial charge in [0.15, 0.2) is 0 Å². The molecule has 0 radical (unpaired) electrons. The Labute approximate surface area is 104 Å². The lowest BCUT2D eigenvalue weighted by atomic mass is 10.1. The Bertz CT molecular complexity index is 401. The van der Waals surface area contributed by atoms with Gasteiger partial charge in [-0.2, -0.15) is 0 Å². The van der Waals surface area contributed by atoms with Crippen LogP contribution in [0.25, 0.3) is 0 Å². The van der Waals surface area contributed by atoms with Crippen LogP contribution >= 0.6 is 0 Å². The summed E-state index contributed by atoms with van der Waals surface area (Å²) >= 11 is 0. The van der Waals surface area contributed by atoms with Gasteiger partial charge in [-0.3, -0.25) is 4.79 Å². The van der Waals surface area contributed by atoms with Crippen molar-refractivity contribution in [3.05, 3.63) is 29.3 Å². The van der Waals surface area contributed by atoms with Gasteiger partial charge >= 0.3 is 0 Å². The summed E-state index contributed by atoms with van der Waals surface area (Å²) in [5, 5.41) is 0. The van der Waals surface area contributed by atoms with E-state index in [4.69, 9.17) is 5.73 Å². The summed E-state index contributed by atoms with van der Waals surface area (Å²) in [6, 6.07) is 5.83. The number of rotatable bonds is 4. The van der Waals surface area contributed by atoms with E-state index in [2.05, 4.69) is 13.8 Å². The predicted octanol–water partition coefficient (Wildman–Crippen LogP) is 2.84. The SMILES string of the molecule is CCC(C)N(CC)C(=O)c1cc(C)ccc1N. The molecule has 0 fully saturated rings. The van der Waals surface area contributed by atoms with Gasteiger partial charge in [-0.25, -0.2) is 0 Å². The molecule has 3 heteroatoms. The summed E-state index contributed by atoms with van der Waals surface area (Å²) in [5.41, 5.74) is 8.11. The Morgan fingerprint density at radius 3 is 2.59 bits per heavy atom. The van der Waals surface area contributed by atoms with Gasteiger partial charge in [0.05, 0.1) is 5.56 Å². The molecule has 1 aromatic carbocycles. The number of nitrogens with zero attached hydrogens (tertiary/aromatic N) is 1. The van der Waals surface area contributed by atoms with Crippen molar-refractivity contribution in [1.82, 2.24) is 4.90 Å². The van der Waals surface area contributed by atoms with Gasteiger partial charge in [0.1, 0.15) is 0 Å². The molecular weight excluding hydrogens is 212 g/mol. The standard InChI is InChI=1S/C14H22N2O/c1-5-11(4)16(6-2)14(17)12-9-10(3)7-8-13(12)15/h7-9,11H,5-6,15H2,1-4H3. The summed E-state index contributed by atoms with van der Waals surface area (Å²) in [6.07, 6.45) is 0.950. The van der Waals surface area contributed by atoms with Gasteiger partial charge in [0, 0.05) is 18.3 Å². The van der Waals surface area contributed by atoms with E-state index < -0.39 is 0 Å². The van der Waals surface area contributed by atoms with E-state index in [1.54, 1.807) is 6.07 Å². The molecule has 94 valence electrons. The van der Waals surface area contributed by atoms with Crippen molar-refractivity contribution in [2.75, 3.05) is 12.3 Å². The zero-order chi connectivity index (χ0) is 13.0. The molecule has 0 saturated carbocycles. The maximum atomic E-state index is 12.4. The van der Waals surface area contributed by atoms with Crippen LogP contribution in [0.5, 0.6) is 0 Å². The van der Waals surface area contributed by atoms with Gasteiger partial charge in [-0.05, 0) is 39.3 Å². The van der Waals surface area contributed by atoms with Crippen LogP contribution in [0.3, 0.4) is 0 Å². The normalized spacial score (nSPS) is 12.2. The third-order valence-electron chi connectivity index (χ3n) is 3.16. The molecule has 1 rings (SSSR count). The molecule has 2 N–H and O–H groups in total. The lowest BCUT2D eigenvalue weighted by molar-refractivity contribution is 0.0701. The molecule has 0 heterocycles. The minimum absolute atomic E-state index is 0.0306. The van der Waals surface area contributed by atoms with Crippen molar-refractivity contribution in [2.24, 2.45) is 0 Å². The predicted molar refractivity (Wildman–Crippen MR) is 72.1 cm³/mol. The third kappa shape index (κ3) is 2.99. The number of amides is 1. The fourth-order valence-corrected chi connectivity index (χ4v) is 1.89. The maximum Gasteiger partial charge on any atom is 0.256 e. The topological polar surface area (TPSA) is 46.3 Å². The summed E-state index contributed by atoms with van der Waals surface area (Å²) in [7, 11) is 0. The van der Waals surface area contributed by atoms with Crippen molar-refractivity contribution in [3.8, 4) is 0 Å². The molecule has 0 aliphatic rings. The molecule has 0 aliphatic carbocycles. The molecule has 1 aromatic rings. The van der Waals surface area contributed by atoms with Crippen LogP contribution in [0.4, 0.5) is 5.69 Å². The summed E-state index contributed by atoms with van der Waals surface area (Å²) < 4.78 is 0. The highest BCUT2D eigenvalue weighted by Crippen LogP contribution is 2.18. The Morgan fingerprint density at radius 1 is 1.41 bits per heavy atom. The second-order valence-electron chi connectivity index (χ2n) is 4.44. The summed E-state index contributed by atoms with van der Waals surface area (Å²) in [6.45, 7) is 8.82. The number of aryl methyl sites for hydroxylation is 1. The Hall–Kier alpha value is -1.51. The van der Waals surface area contributed by atoms with Crippen molar-refractivity contribution in [1.29, 1.82) is 0 Å². The minimum atomic E-state index is 0.0306. The maximum absolute atomic E-state index is 12.4. The number of anilines is 1. The molecule has 3 nitrogen and oxygen atoms in total. The largest absolute Gasteiger partial charge is 0.398 e. The number of benzene rings is 1. The van der Waals surface area contributed by atoms with Crippen LogP contribution in [0.2, 0.25) is 0 Å². The second kappa shape index (κ2) is 5.71. The van der Waals surface area contributed by atoms with E-state index in [0.717, 1.165) is 12.0 Å². The molecule has 0 spiro atoms. The van der Waals surface area contributed by atoms with Gasteiger partial charge in [0.2, 0.25) is 0 Å². The van der Waals surface area contributed by atoms with Gasteiger partial charge in [0.25, 0.3) is 5.91 Å². The Kier molecular flexibility index (Phi) is 4.55. The van der Waals surface area contributed by atoms with E-state index in [1.165, 1.54) is 0 Å². The molecule has 0 saturated heterocycles. The highest BCUT2D eigenvalue weighted by atomic mass is 16.2. The summed E-state index contributed by atoms with van der Waals surface area (Å²) in [5.74, 6) is 0.0306.